The van der Waals surface area contributed by atoms with Gasteiger partial charge >= 0.3 is 0 Å². The number of rotatable bonds is 1. The smallest absolute Gasteiger partial charge is 0.209 e. The van der Waals surface area contributed by atoms with Gasteiger partial charge in [0, 0.05) is 12.1 Å². The van der Waals surface area contributed by atoms with Crippen LogP contribution in [-0.2, 0) is 0 Å². The van der Waals surface area contributed by atoms with Gasteiger partial charge in [-0.3, -0.25) is 4.90 Å². The molecule has 1 aliphatic rings. The number of hydrogen-bond acceptors (Lipinski definition) is 2. The zero-order valence-electron chi connectivity index (χ0n) is 7.81. The lowest BCUT2D eigenvalue weighted by atomic mass is 10.1. The van der Waals surface area contributed by atoms with Crippen LogP contribution in [0.5, 0.6) is 0 Å². The second kappa shape index (κ2) is 3.34. The molecule has 1 atom stereocenters. The van der Waals surface area contributed by atoms with Gasteiger partial charge in [0.1, 0.15) is 0 Å². The van der Waals surface area contributed by atoms with Crippen molar-refractivity contribution < 1.29 is 4.73 Å². The van der Waals surface area contributed by atoms with Crippen molar-refractivity contribution in [3.05, 3.63) is 35.3 Å². The van der Waals surface area contributed by atoms with Gasteiger partial charge in [0.2, 0.25) is 5.69 Å². The molecular formula is C10H14N2O. The molecule has 13 heavy (non-hydrogen) atoms. The Morgan fingerprint density at radius 1 is 1.54 bits per heavy atom. The molecule has 2 rings (SSSR count). The van der Waals surface area contributed by atoms with Crippen LogP contribution in [0.25, 0.3) is 0 Å². The van der Waals surface area contributed by atoms with Crippen LogP contribution in [0.3, 0.4) is 0 Å². The highest BCUT2D eigenvalue weighted by Crippen LogP contribution is 2.27. The highest BCUT2D eigenvalue weighted by molar-refractivity contribution is 5.05. The van der Waals surface area contributed by atoms with Crippen LogP contribution in [-0.4, -0.2) is 18.5 Å². The Morgan fingerprint density at radius 3 is 3.00 bits per heavy atom. The van der Waals surface area contributed by atoms with Crippen LogP contribution in [0.1, 0.15) is 24.6 Å². The van der Waals surface area contributed by atoms with Gasteiger partial charge in [-0.2, -0.15) is 4.73 Å². The van der Waals surface area contributed by atoms with E-state index in [0.29, 0.717) is 6.04 Å². The van der Waals surface area contributed by atoms with E-state index in [0.717, 1.165) is 23.4 Å². The zero-order chi connectivity index (χ0) is 9.26. The lowest BCUT2D eigenvalue weighted by Gasteiger charge is -2.17. The molecular weight excluding hydrogens is 164 g/mol. The van der Waals surface area contributed by atoms with Gasteiger partial charge in [0.25, 0.3) is 0 Å². The third kappa shape index (κ3) is 1.52. The monoisotopic (exact) mass is 178 g/mol. The molecule has 1 fully saturated rings. The molecule has 1 aromatic rings. The van der Waals surface area contributed by atoms with Gasteiger partial charge in [-0.05, 0) is 32.5 Å². The summed E-state index contributed by atoms with van der Waals surface area (Å²) < 4.78 is 0.979. The maximum atomic E-state index is 11.4. The third-order valence-corrected chi connectivity index (χ3v) is 2.72. The summed E-state index contributed by atoms with van der Waals surface area (Å²) in [6, 6.07) is 5.93. The van der Waals surface area contributed by atoms with E-state index in [4.69, 9.17) is 0 Å². The van der Waals surface area contributed by atoms with E-state index in [2.05, 4.69) is 11.9 Å². The first kappa shape index (κ1) is 8.51. The maximum absolute atomic E-state index is 11.4. The van der Waals surface area contributed by atoms with E-state index in [9.17, 15) is 5.21 Å². The number of pyridine rings is 1. The van der Waals surface area contributed by atoms with Gasteiger partial charge in [0.15, 0.2) is 6.20 Å². The zero-order valence-corrected chi connectivity index (χ0v) is 7.81. The predicted octanol–water partition coefficient (Wildman–Crippen LogP) is 1.09. The van der Waals surface area contributed by atoms with Crippen LogP contribution in [0.4, 0.5) is 0 Å². The summed E-state index contributed by atoms with van der Waals surface area (Å²) in [6.07, 6.45) is 3.86. The molecule has 1 saturated heterocycles. The van der Waals surface area contributed by atoms with E-state index < -0.39 is 0 Å². The SMILES string of the molecule is CN1CCCC1c1cccc[n+]1[O-]. The van der Waals surface area contributed by atoms with Crippen molar-refractivity contribution in [2.45, 2.75) is 18.9 Å². The molecule has 0 spiro atoms. The predicted molar refractivity (Wildman–Crippen MR) is 50.0 cm³/mol. The number of aromatic nitrogens is 1. The molecule has 0 amide bonds. The Hall–Kier alpha value is -1.09. The lowest BCUT2D eigenvalue weighted by molar-refractivity contribution is -0.617. The van der Waals surface area contributed by atoms with E-state index >= 15 is 0 Å². The van der Waals surface area contributed by atoms with Crippen LogP contribution in [0.15, 0.2) is 24.4 Å². The van der Waals surface area contributed by atoms with Crippen LogP contribution in [0, 0.1) is 5.21 Å². The molecule has 0 aromatic carbocycles. The summed E-state index contributed by atoms with van der Waals surface area (Å²) in [6.45, 7) is 1.10. The van der Waals surface area contributed by atoms with Crippen molar-refractivity contribution in [3.63, 3.8) is 0 Å². The second-order valence-electron chi connectivity index (χ2n) is 3.59. The first-order chi connectivity index (χ1) is 6.29. The normalized spacial score (nSPS) is 23.6. The fourth-order valence-electron chi connectivity index (χ4n) is 1.98. The van der Waals surface area contributed by atoms with E-state index in [-0.39, 0.29) is 0 Å². The second-order valence-corrected chi connectivity index (χ2v) is 3.59. The van der Waals surface area contributed by atoms with E-state index in [1.807, 2.05) is 12.1 Å². The Kier molecular flexibility index (Phi) is 2.19. The molecule has 0 bridgehead atoms. The molecule has 3 nitrogen and oxygen atoms in total. The number of hydrogen-bond donors (Lipinski definition) is 0. The fraction of sp³-hybridized carbons (Fsp3) is 0.500. The highest BCUT2D eigenvalue weighted by atomic mass is 16.5. The van der Waals surface area contributed by atoms with Crippen LogP contribution in [0.2, 0.25) is 0 Å². The Bertz CT molecular complexity index is 301. The quantitative estimate of drug-likeness (QED) is 0.476. The van der Waals surface area contributed by atoms with Gasteiger partial charge in [-0.25, -0.2) is 0 Å². The van der Waals surface area contributed by atoms with Gasteiger partial charge in [-0.15, -0.1) is 0 Å². The topological polar surface area (TPSA) is 30.2 Å². The summed E-state index contributed by atoms with van der Waals surface area (Å²) in [7, 11) is 2.07. The molecule has 2 heterocycles. The standard InChI is InChI=1S/C10H14N2O/c1-11-7-4-6-9(11)10-5-2-3-8-12(10)13/h2-3,5,8-9H,4,6-7H2,1H3. The molecule has 3 heteroatoms. The molecule has 70 valence electrons. The molecule has 1 aromatic heterocycles. The number of nitrogens with zero attached hydrogens (tertiary/aromatic N) is 2. The minimum Gasteiger partial charge on any atom is -0.618 e. The van der Waals surface area contributed by atoms with Gasteiger partial charge < -0.3 is 5.21 Å². The van der Waals surface area contributed by atoms with Crippen molar-refractivity contribution in [2.24, 2.45) is 0 Å². The van der Waals surface area contributed by atoms with Crippen molar-refractivity contribution >= 4 is 0 Å². The van der Waals surface area contributed by atoms with Crippen molar-refractivity contribution in [1.29, 1.82) is 0 Å². The summed E-state index contributed by atoms with van der Waals surface area (Å²) in [5.41, 5.74) is 0.877. The highest BCUT2D eigenvalue weighted by Gasteiger charge is 2.27. The summed E-state index contributed by atoms with van der Waals surface area (Å²) in [5, 5.41) is 11.4. The molecule has 0 radical (unpaired) electrons. The Morgan fingerprint density at radius 2 is 2.38 bits per heavy atom. The van der Waals surface area contributed by atoms with Crippen LogP contribution < -0.4 is 4.73 Å². The summed E-state index contributed by atoms with van der Waals surface area (Å²) in [5.74, 6) is 0. The Balaban J connectivity index is 2.29. The number of likely N-dealkylation sites (tertiary alicyclic amines) is 1. The molecule has 1 unspecified atom stereocenters. The third-order valence-electron chi connectivity index (χ3n) is 2.72. The van der Waals surface area contributed by atoms with Gasteiger partial charge in [-0.1, -0.05) is 0 Å². The summed E-state index contributed by atoms with van der Waals surface area (Å²) >= 11 is 0. The molecule has 0 N–H and O–H groups in total. The van der Waals surface area contributed by atoms with E-state index in [1.54, 1.807) is 12.3 Å². The maximum Gasteiger partial charge on any atom is 0.209 e. The van der Waals surface area contributed by atoms with Gasteiger partial charge in [0.05, 0.1) is 6.04 Å². The van der Waals surface area contributed by atoms with Crippen molar-refractivity contribution in [2.75, 3.05) is 13.6 Å². The first-order valence-corrected chi connectivity index (χ1v) is 4.67. The minimum absolute atomic E-state index is 0.318. The van der Waals surface area contributed by atoms with Crippen molar-refractivity contribution in [3.8, 4) is 0 Å². The average Bonchev–Trinajstić information content (AvgIpc) is 2.52. The fourth-order valence-corrected chi connectivity index (χ4v) is 1.98. The minimum atomic E-state index is 0.318. The van der Waals surface area contributed by atoms with E-state index in [1.165, 1.54) is 6.42 Å². The molecule has 0 saturated carbocycles. The average molecular weight is 178 g/mol. The molecule has 0 aliphatic carbocycles. The first-order valence-electron chi connectivity index (χ1n) is 4.67. The molecule has 1 aliphatic heterocycles. The van der Waals surface area contributed by atoms with Crippen molar-refractivity contribution in [1.82, 2.24) is 4.90 Å². The Labute approximate surface area is 78.2 Å². The largest absolute Gasteiger partial charge is 0.618 e. The lowest BCUT2D eigenvalue weighted by Crippen LogP contribution is -2.35. The summed E-state index contributed by atoms with van der Waals surface area (Å²) in [4.78, 5) is 2.24. The van der Waals surface area contributed by atoms with Crippen LogP contribution >= 0.6 is 0 Å².